The molecule has 0 aliphatic carbocycles. The summed E-state index contributed by atoms with van der Waals surface area (Å²) in [5.41, 5.74) is 0.291. The molecule has 3 aromatic heterocycles. The maximum absolute atomic E-state index is 12.2. The summed E-state index contributed by atoms with van der Waals surface area (Å²) < 4.78 is 10.4. The van der Waals surface area contributed by atoms with Gasteiger partial charge in [0.1, 0.15) is 19.8 Å². The molecule has 110 valence electrons. The summed E-state index contributed by atoms with van der Waals surface area (Å²) in [6, 6.07) is 3.08. The minimum absolute atomic E-state index is 0.000810. The van der Waals surface area contributed by atoms with Gasteiger partial charge in [-0.3, -0.25) is 9.78 Å². The van der Waals surface area contributed by atoms with Crippen molar-refractivity contribution in [2.75, 3.05) is 0 Å². The number of nitrogens with one attached hydrogen (secondary N) is 1. The summed E-state index contributed by atoms with van der Waals surface area (Å²) in [6.07, 6.45) is 0.529. The van der Waals surface area contributed by atoms with E-state index in [-0.39, 0.29) is 23.7 Å². The lowest BCUT2D eigenvalue weighted by Gasteiger charge is -2.05. The number of ether oxygens (including phenoxy) is 1. The van der Waals surface area contributed by atoms with Crippen LogP contribution in [0.1, 0.15) is 17.4 Å². The molecule has 0 fully saturated rings. The van der Waals surface area contributed by atoms with E-state index in [0.29, 0.717) is 17.4 Å². The Morgan fingerprint density at radius 2 is 2.23 bits per heavy atom. The van der Waals surface area contributed by atoms with Crippen LogP contribution in [0.15, 0.2) is 31.5 Å². The summed E-state index contributed by atoms with van der Waals surface area (Å²) >= 11 is 1.44. The van der Waals surface area contributed by atoms with Crippen LogP contribution in [0.3, 0.4) is 0 Å². The molecule has 0 atom stereocenters. The highest BCUT2D eigenvalue weighted by atomic mass is 32.1. The molecule has 0 saturated carbocycles. The summed E-state index contributed by atoms with van der Waals surface area (Å²) in [7, 11) is 5.63. The third kappa shape index (κ3) is 2.82. The maximum atomic E-state index is 12.2. The van der Waals surface area contributed by atoms with Gasteiger partial charge < -0.3 is 9.15 Å². The van der Waals surface area contributed by atoms with Crippen molar-refractivity contribution >= 4 is 35.7 Å². The van der Waals surface area contributed by atoms with E-state index in [1.807, 2.05) is 6.92 Å². The number of rotatable bonds is 4. The summed E-state index contributed by atoms with van der Waals surface area (Å²) in [4.78, 5) is 31.1. The fraction of sp³-hybridized carbons (Fsp3) is 0.214. The van der Waals surface area contributed by atoms with E-state index in [4.69, 9.17) is 17.0 Å². The Labute approximate surface area is 130 Å². The smallest absolute Gasteiger partial charge is 0.337 e. The lowest BCUT2D eigenvalue weighted by molar-refractivity contribution is 0.283. The molecule has 3 aromatic rings. The van der Waals surface area contributed by atoms with Crippen LogP contribution in [0.2, 0.25) is 0 Å². The number of fused-ring (bicyclic) bond motifs is 1. The number of thiophene rings is 1. The molecular weight excluding hydrogens is 303 g/mol. The van der Waals surface area contributed by atoms with Crippen molar-refractivity contribution < 1.29 is 9.15 Å². The Hall–Kier alpha value is -2.35. The maximum Gasteiger partial charge on any atom is 0.337 e. The third-order valence-electron chi connectivity index (χ3n) is 3.08. The lowest BCUT2D eigenvalue weighted by atomic mass is 10.0. The molecule has 0 aromatic carbocycles. The van der Waals surface area contributed by atoms with Crippen LogP contribution in [-0.4, -0.2) is 17.8 Å². The molecule has 6 nitrogen and oxygen atoms in total. The highest BCUT2D eigenvalue weighted by molar-refractivity contribution is 7.10. The minimum Gasteiger partial charge on any atom is -0.459 e. The molecule has 0 unspecified atom stereocenters. The zero-order valence-electron chi connectivity index (χ0n) is 11.7. The van der Waals surface area contributed by atoms with Crippen molar-refractivity contribution in [3.63, 3.8) is 0 Å². The zero-order valence-corrected chi connectivity index (χ0v) is 12.5. The van der Waals surface area contributed by atoms with Gasteiger partial charge in [-0.2, -0.15) is 4.98 Å². The monoisotopic (exact) mass is 314 g/mol. The lowest BCUT2D eigenvalue weighted by Crippen LogP contribution is -2.15. The van der Waals surface area contributed by atoms with E-state index in [1.165, 1.54) is 17.4 Å². The van der Waals surface area contributed by atoms with Crippen molar-refractivity contribution in [2.45, 2.75) is 20.0 Å². The van der Waals surface area contributed by atoms with E-state index in [0.717, 1.165) is 4.88 Å². The number of aryl methyl sites for hydroxylation is 1. The molecule has 22 heavy (non-hydrogen) atoms. The molecule has 0 aliphatic heterocycles. The molecule has 0 saturated heterocycles. The fourth-order valence-electron chi connectivity index (χ4n) is 2.09. The first kappa shape index (κ1) is 14.6. The van der Waals surface area contributed by atoms with Gasteiger partial charge in [0.2, 0.25) is 5.71 Å². The van der Waals surface area contributed by atoms with Gasteiger partial charge in [0, 0.05) is 10.9 Å². The van der Waals surface area contributed by atoms with Crippen molar-refractivity contribution in [1.29, 1.82) is 0 Å². The third-order valence-corrected chi connectivity index (χ3v) is 4.01. The van der Waals surface area contributed by atoms with Crippen LogP contribution >= 0.6 is 11.3 Å². The molecule has 1 N–H and O–H groups in total. The first-order valence-electron chi connectivity index (χ1n) is 6.59. The van der Waals surface area contributed by atoms with Gasteiger partial charge in [0.15, 0.2) is 0 Å². The number of aromatic amines is 1. The second kappa shape index (κ2) is 5.80. The average molecular weight is 314 g/mol. The van der Waals surface area contributed by atoms with Crippen LogP contribution in [0.4, 0.5) is 0 Å². The Kier molecular flexibility index (Phi) is 3.85. The van der Waals surface area contributed by atoms with Crippen LogP contribution in [0.25, 0.3) is 11.1 Å². The van der Waals surface area contributed by atoms with Gasteiger partial charge in [-0.1, -0.05) is 18.5 Å². The van der Waals surface area contributed by atoms with Crippen molar-refractivity contribution in [2.24, 2.45) is 0 Å². The van der Waals surface area contributed by atoms with Crippen molar-refractivity contribution in [3.8, 4) is 6.01 Å². The predicted octanol–water partition coefficient (Wildman–Crippen LogP) is 0.873. The Bertz CT molecular complexity index is 944. The zero-order chi connectivity index (χ0) is 15.7. The molecule has 8 heteroatoms. The van der Waals surface area contributed by atoms with Crippen LogP contribution in [0.5, 0.6) is 6.01 Å². The SMILES string of the molecule is [B]c1csc(COc2nc3oc(=O)cc(CC)c3c(=O)[nH]2)c1. The highest BCUT2D eigenvalue weighted by Crippen LogP contribution is 2.15. The molecular formula is C14H11BN2O4S. The first-order valence-corrected chi connectivity index (χ1v) is 7.47. The van der Waals surface area contributed by atoms with Gasteiger partial charge in [-0.05, 0) is 17.4 Å². The standard InChI is InChI=1S/C14H11BN2O4S/c1-2-7-3-10(18)21-13-11(7)12(19)16-14(17-13)20-5-9-4-8(15)6-22-9/h3-4,6H,2,5H2,1H3,(H,16,17,19). The van der Waals surface area contributed by atoms with Gasteiger partial charge >= 0.3 is 5.63 Å². The Balaban J connectivity index is 1.98. The quantitative estimate of drug-likeness (QED) is 0.722. The summed E-state index contributed by atoms with van der Waals surface area (Å²) in [5.74, 6) is 0. The number of aromatic nitrogens is 2. The fourth-order valence-corrected chi connectivity index (χ4v) is 2.78. The molecule has 0 amide bonds. The number of H-pyrrole nitrogens is 1. The van der Waals surface area contributed by atoms with Gasteiger partial charge in [0.05, 0.1) is 0 Å². The molecule has 0 aliphatic rings. The van der Waals surface area contributed by atoms with Crippen LogP contribution in [-0.2, 0) is 13.0 Å². The van der Waals surface area contributed by atoms with E-state index < -0.39 is 11.2 Å². The van der Waals surface area contributed by atoms with Crippen LogP contribution in [0, 0.1) is 0 Å². The predicted molar refractivity (Wildman–Crippen MR) is 84.3 cm³/mol. The topological polar surface area (TPSA) is 85.2 Å². The van der Waals surface area contributed by atoms with E-state index >= 15 is 0 Å². The largest absolute Gasteiger partial charge is 0.459 e. The van der Waals surface area contributed by atoms with Gasteiger partial charge in [0.25, 0.3) is 11.6 Å². The Morgan fingerprint density at radius 3 is 2.91 bits per heavy atom. The molecule has 0 bridgehead atoms. The summed E-state index contributed by atoms with van der Waals surface area (Å²) in [5, 5.41) is 2.07. The molecule has 3 rings (SSSR count). The highest BCUT2D eigenvalue weighted by Gasteiger charge is 2.12. The van der Waals surface area contributed by atoms with E-state index in [2.05, 4.69) is 9.97 Å². The Morgan fingerprint density at radius 1 is 1.41 bits per heavy atom. The van der Waals surface area contributed by atoms with Gasteiger partial charge in [-0.25, -0.2) is 4.79 Å². The van der Waals surface area contributed by atoms with Gasteiger partial charge in [-0.15, -0.1) is 11.3 Å². The first-order chi connectivity index (χ1) is 10.6. The van der Waals surface area contributed by atoms with Crippen molar-refractivity contribution in [1.82, 2.24) is 9.97 Å². The van der Waals surface area contributed by atoms with E-state index in [1.54, 1.807) is 11.4 Å². The molecule has 2 radical (unpaired) electrons. The second-order valence-electron chi connectivity index (χ2n) is 4.63. The minimum atomic E-state index is -0.542. The normalized spacial score (nSPS) is 11.0. The number of nitrogens with zero attached hydrogens (tertiary/aromatic N) is 1. The number of hydrogen-bond acceptors (Lipinski definition) is 6. The number of hydrogen-bond donors (Lipinski definition) is 1. The average Bonchev–Trinajstić information content (AvgIpc) is 2.89. The van der Waals surface area contributed by atoms with E-state index in [9.17, 15) is 9.59 Å². The van der Waals surface area contributed by atoms with Crippen LogP contribution < -0.4 is 21.4 Å². The second-order valence-corrected chi connectivity index (χ2v) is 5.63. The summed E-state index contributed by atoms with van der Waals surface area (Å²) in [6.45, 7) is 2.06. The van der Waals surface area contributed by atoms with Crippen molar-refractivity contribution in [3.05, 3.63) is 48.7 Å². The molecule has 3 heterocycles. The molecule has 0 spiro atoms.